The molecule has 1 N–H and O–H groups in total. The molecule has 0 radical (unpaired) electrons. The van der Waals surface area contributed by atoms with Gasteiger partial charge in [-0.1, -0.05) is 6.07 Å². The highest BCUT2D eigenvalue weighted by Gasteiger charge is 2.24. The molecule has 0 unspecified atom stereocenters. The summed E-state index contributed by atoms with van der Waals surface area (Å²) in [5.41, 5.74) is 2.58. The third-order valence-corrected chi connectivity index (χ3v) is 7.40. The Morgan fingerprint density at radius 1 is 1.00 bits per heavy atom. The van der Waals surface area contributed by atoms with Gasteiger partial charge in [0.05, 0.1) is 22.6 Å². The summed E-state index contributed by atoms with van der Waals surface area (Å²) in [5.74, 6) is 0.719. The predicted molar refractivity (Wildman–Crippen MR) is 115 cm³/mol. The Balaban J connectivity index is 1.59. The molecule has 2 aliphatic rings. The van der Waals surface area contributed by atoms with Gasteiger partial charge in [-0.05, 0) is 36.4 Å². The molecule has 29 heavy (non-hydrogen) atoms. The number of hydrogen-bond acceptors (Lipinski definition) is 6. The second-order valence-electron chi connectivity index (χ2n) is 7.46. The average molecular weight is 413 g/mol. The number of likely N-dealkylation sites (N-methyl/N-ethyl adjacent to an activating group) is 1. The van der Waals surface area contributed by atoms with E-state index in [1.807, 2.05) is 30.1 Å². The topological polar surface area (TPSA) is 66.8 Å². The SMILES string of the molecule is CN1CCOc2ccc(S(=O)(=O)n3ccc4c(N5CCNCC5)cccc43)cc21. The van der Waals surface area contributed by atoms with Crippen LogP contribution in [0.3, 0.4) is 0 Å². The summed E-state index contributed by atoms with van der Waals surface area (Å²) >= 11 is 0. The van der Waals surface area contributed by atoms with Crippen molar-refractivity contribution in [3.63, 3.8) is 0 Å². The zero-order valence-corrected chi connectivity index (χ0v) is 17.2. The first-order valence-electron chi connectivity index (χ1n) is 9.85. The lowest BCUT2D eigenvalue weighted by molar-refractivity contribution is 0.311. The van der Waals surface area contributed by atoms with E-state index >= 15 is 0 Å². The van der Waals surface area contributed by atoms with Gasteiger partial charge < -0.3 is 19.9 Å². The predicted octanol–water partition coefficient (Wildman–Crippen LogP) is 2.12. The van der Waals surface area contributed by atoms with Gasteiger partial charge in [0.15, 0.2) is 0 Å². The van der Waals surface area contributed by atoms with Gasteiger partial charge in [-0.15, -0.1) is 0 Å². The van der Waals surface area contributed by atoms with Gasteiger partial charge in [0, 0.05) is 50.5 Å². The van der Waals surface area contributed by atoms with E-state index < -0.39 is 10.0 Å². The summed E-state index contributed by atoms with van der Waals surface area (Å²) in [7, 11) is -1.78. The highest BCUT2D eigenvalue weighted by Crippen LogP contribution is 2.35. The van der Waals surface area contributed by atoms with Gasteiger partial charge in [-0.3, -0.25) is 0 Å². The van der Waals surface area contributed by atoms with E-state index in [4.69, 9.17) is 4.74 Å². The molecule has 8 heteroatoms. The summed E-state index contributed by atoms with van der Waals surface area (Å²) in [6.07, 6.45) is 1.66. The summed E-state index contributed by atoms with van der Waals surface area (Å²) < 4.78 is 34.0. The van der Waals surface area contributed by atoms with Crippen LogP contribution >= 0.6 is 0 Å². The summed E-state index contributed by atoms with van der Waals surface area (Å²) in [6, 6.07) is 12.8. The van der Waals surface area contributed by atoms with Crippen molar-refractivity contribution in [2.45, 2.75) is 4.90 Å². The van der Waals surface area contributed by atoms with Crippen LogP contribution in [0.15, 0.2) is 53.6 Å². The van der Waals surface area contributed by atoms with Crippen LogP contribution in [-0.4, -0.2) is 58.8 Å². The second-order valence-corrected chi connectivity index (χ2v) is 9.28. The average Bonchev–Trinajstić information content (AvgIpc) is 3.19. The third-order valence-electron chi connectivity index (χ3n) is 5.71. The first kappa shape index (κ1) is 18.3. The summed E-state index contributed by atoms with van der Waals surface area (Å²) in [6.45, 7) is 5.02. The molecule has 7 nitrogen and oxygen atoms in total. The van der Waals surface area contributed by atoms with Crippen LogP contribution in [0, 0.1) is 0 Å². The van der Waals surface area contributed by atoms with Crippen LogP contribution in [0.25, 0.3) is 10.9 Å². The quantitative estimate of drug-likeness (QED) is 0.711. The molecule has 1 aromatic heterocycles. The minimum absolute atomic E-state index is 0.263. The van der Waals surface area contributed by atoms with Crippen molar-refractivity contribution in [1.29, 1.82) is 0 Å². The van der Waals surface area contributed by atoms with E-state index in [0.29, 0.717) is 12.1 Å². The zero-order chi connectivity index (χ0) is 20.0. The minimum Gasteiger partial charge on any atom is -0.490 e. The molecule has 1 fully saturated rings. The molecule has 3 aromatic rings. The lowest BCUT2D eigenvalue weighted by Gasteiger charge is -2.30. The Hall–Kier alpha value is -2.71. The molecule has 0 aliphatic carbocycles. The van der Waals surface area contributed by atoms with Crippen LogP contribution in [0.2, 0.25) is 0 Å². The molecule has 0 amide bonds. The van der Waals surface area contributed by atoms with Crippen LogP contribution in [-0.2, 0) is 10.0 Å². The van der Waals surface area contributed by atoms with E-state index in [9.17, 15) is 8.42 Å². The molecule has 2 aliphatic heterocycles. The largest absolute Gasteiger partial charge is 0.490 e. The van der Waals surface area contributed by atoms with Crippen molar-refractivity contribution in [2.75, 3.05) is 56.2 Å². The number of piperazine rings is 1. The number of hydrogen-bond donors (Lipinski definition) is 1. The number of ether oxygens (including phenoxy) is 1. The van der Waals surface area contributed by atoms with E-state index in [2.05, 4.69) is 16.3 Å². The van der Waals surface area contributed by atoms with E-state index in [-0.39, 0.29) is 4.90 Å². The Labute approximate surface area is 170 Å². The van der Waals surface area contributed by atoms with Crippen LogP contribution in [0.4, 0.5) is 11.4 Å². The molecular formula is C21H24N4O3S. The number of nitrogens with zero attached hydrogens (tertiary/aromatic N) is 3. The van der Waals surface area contributed by atoms with Crippen LogP contribution in [0.5, 0.6) is 5.75 Å². The monoisotopic (exact) mass is 412 g/mol. The molecule has 0 atom stereocenters. The highest BCUT2D eigenvalue weighted by atomic mass is 32.2. The minimum atomic E-state index is -3.72. The molecule has 0 saturated carbocycles. The fourth-order valence-electron chi connectivity index (χ4n) is 4.12. The van der Waals surface area contributed by atoms with Crippen molar-refractivity contribution < 1.29 is 13.2 Å². The summed E-state index contributed by atoms with van der Waals surface area (Å²) in [4.78, 5) is 4.59. The fraction of sp³-hybridized carbons (Fsp3) is 0.333. The van der Waals surface area contributed by atoms with Crippen molar-refractivity contribution in [3.8, 4) is 5.75 Å². The van der Waals surface area contributed by atoms with Crippen LogP contribution < -0.4 is 19.9 Å². The van der Waals surface area contributed by atoms with Gasteiger partial charge in [0.25, 0.3) is 10.0 Å². The Kier molecular flexibility index (Phi) is 4.40. The molecule has 3 heterocycles. The van der Waals surface area contributed by atoms with E-state index in [1.165, 1.54) is 3.97 Å². The number of anilines is 2. The fourth-order valence-corrected chi connectivity index (χ4v) is 5.49. The number of fused-ring (bicyclic) bond motifs is 2. The standard InChI is InChI=1S/C21H24N4O3S/c1-23-13-14-28-21-6-5-16(15-20(21)23)29(26,27)25-10-7-17-18(3-2-4-19(17)25)24-11-8-22-9-12-24/h2-7,10,15,22H,8-9,11-14H2,1H3. The van der Waals surface area contributed by atoms with Gasteiger partial charge >= 0.3 is 0 Å². The van der Waals surface area contributed by atoms with Crippen molar-refractivity contribution in [3.05, 3.63) is 48.7 Å². The van der Waals surface area contributed by atoms with Crippen molar-refractivity contribution in [1.82, 2.24) is 9.29 Å². The first-order chi connectivity index (χ1) is 14.1. The number of aromatic nitrogens is 1. The molecule has 2 aromatic carbocycles. The Morgan fingerprint density at radius 2 is 1.83 bits per heavy atom. The zero-order valence-electron chi connectivity index (χ0n) is 16.3. The van der Waals surface area contributed by atoms with Gasteiger partial charge in [-0.25, -0.2) is 12.4 Å². The lowest BCUT2D eigenvalue weighted by atomic mass is 10.2. The third kappa shape index (κ3) is 3.03. The number of benzene rings is 2. The number of rotatable bonds is 3. The van der Waals surface area contributed by atoms with Gasteiger partial charge in [-0.2, -0.15) is 0 Å². The van der Waals surface area contributed by atoms with Gasteiger partial charge in [0.2, 0.25) is 0 Å². The smallest absolute Gasteiger partial charge is 0.268 e. The second kappa shape index (κ2) is 6.96. The Morgan fingerprint density at radius 3 is 2.66 bits per heavy atom. The highest BCUT2D eigenvalue weighted by molar-refractivity contribution is 7.90. The maximum Gasteiger partial charge on any atom is 0.268 e. The molecule has 1 saturated heterocycles. The first-order valence-corrected chi connectivity index (χ1v) is 11.3. The molecule has 0 bridgehead atoms. The maximum atomic E-state index is 13.5. The maximum absolute atomic E-state index is 13.5. The van der Waals surface area contributed by atoms with E-state index in [0.717, 1.165) is 55.2 Å². The van der Waals surface area contributed by atoms with E-state index in [1.54, 1.807) is 24.4 Å². The molecule has 5 rings (SSSR count). The van der Waals surface area contributed by atoms with Crippen molar-refractivity contribution >= 4 is 32.3 Å². The van der Waals surface area contributed by atoms with Gasteiger partial charge in [0.1, 0.15) is 12.4 Å². The number of nitrogens with one attached hydrogen (secondary N) is 1. The van der Waals surface area contributed by atoms with Crippen LogP contribution in [0.1, 0.15) is 0 Å². The molecule has 152 valence electrons. The molecular weight excluding hydrogens is 388 g/mol. The lowest BCUT2D eigenvalue weighted by Crippen LogP contribution is -2.43. The van der Waals surface area contributed by atoms with Crippen molar-refractivity contribution in [2.24, 2.45) is 0 Å². The molecule has 0 spiro atoms. The Bertz CT molecular complexity index is 1170. The summed E-state index contributed by atoms with van der Waals surface area (Å²) in [5, 5.41) is 4.31. The normalized spacial score (nSPS) is 17.3.